The van der Waals surface area contributed by atoms with Crippen LogP contribution in [0.2, 0.25) is 0 Å². The Kier molecular flexibility index (Phi) is 4.88. The van der Waals surface area contributed by atoms with Crippen LogP contribution < -0.4 is 10.6 Å². The van der Waals surface area contributed by atoms with Crippen LogP contribution in [-0.4, -0.2) is 19.2 Å². The third kappa shape index (κ3) is 4.29. The Morgan fingerprint density at radius 2 is 1.91 bits per heavy atom. The number of benzene rings is 2. The van der Waals surface area contributed by atoms with Gasteiger partial charge in [-0.1, -0.05) is 24.3 Å². The number of nitrogens with one attached hydrogen (secondary N) is 2. The molecule has 1 saturated heterocycles. The molecular weight excluding hydrogens is 295 g/mol. The zero-order valence-corrected chi connectivity index (χ0v) is 12.7. The average molecular weight is 314 g/mol. The van der Waals surface area contributed by atoms with Gasteiger partial charge in [0.25, 0.3) is 0 Å². The van der Waals surface area contributed by atoms with Gasteiger partial charge in [0.1, 0.15) is 12.4 Å². The molecule has 1 aliphatic rings. The first-order valence-corrected chi connectivity index (χ1v) is 7.69. The summed E-state index contributed by atoms with van der Waals surface area (Å²) < 4.78 is 17.9. The van der Waals surface area contributed by atoms with Gasteiger partial charge in [-0.05, 0) is 54.3 Å². The van der Waals surface area contributed by atoms with Crippen molar-refractivity contribution in [2.24, 2.45) is 0 Å². The van der Waals surface area contributed by atoms with Gasteiger partial charge in [0.15, 0.2) is 0 Å². The van der Waals surface area contributed by atoms with Crippen LogP contribution in [0.25, 0.3) is 0 Å². The molecule has 1 heterocycles. The second-order valence-electron chi connectivity index (χ2n) is 5.64. The summed E-state index contributed by atoms with van der Waals surface area (Å²) in [5.41, 5.74) is 2.72. The molecule has 2 aromatic carbocycles. The van der Waals surface area contributed by atoms with E-state index in [1.165, 1.54) is 17.7 Å². The zero-order chi connectivity index (χ0) is 16.1. The predicted molar refractivity (Wildman–Crippen MR) is 86.9 cm³/mol. The van der Waals surface area contributed by atoms with E-state index in [2.05, 4.69) is 10.6 Å². The highest BCUT2D eigenvalue weighted by atomic mass is 19.1. The van der Waals surface area contributed by atoms with Gasteiger partial charge in [0, 0.05) is 12.2 Å². The van der Waals surface area contributed by atoms with Gasteiger partial charge in [-0.25, -0.2) is 9.18 Å². The summed E-state index contributed by atoms with van der Waals surface area (Å²) >= 11 is 0. The van der Waals surface area contributed by atoms with E-state index < -0.39 is 6.09 Å². The topological polar surface area (TPSA) is 50.4 Å². The minimum atomic E-state index is -0.524. The molecule has 0 aliphatic carbocycles. The Bertz CT molecular complexity index is 650. The van der Waals surface area contributed by atoms with E-state index in [4.69, 9.17) is 4.74 Å². The molecule has 1 aliphatic heterocycles. The van der Waals surface area contributed by atoms with E-state index in [0.717, 1.165) is 25.1 Å². The fraction of sp³-hybridized carbons (Fsp3) is 0.278. The van der Waals surface area contributed by atoms with Crippen LogP contribution >= 0.6 is 0 Å². The third-order valence-corrected chi connectivity index (χ3v) is 3.97. The first-order chi connectivity index (χ1) is 11.2. The summed E-state index contributed by atoms with van der Waals surface area (Å²) in [4.78, 5) is 11.8. The SMILES string of the molecule is O=C(Nc1ccc([C@@H]2CCNC2)cc1)OCc1ccc(F)cc1. The highest BCUT2D eigenvalue weighted by molar-refractivity contribution is 5.84. The highest BCUT2D eigenvalue weighted by Crippen LogP contribution is 2.23. The molecule has 1 fully saturated rings. The van der Waals surface area contributed by atoms with E-state index in [9.17, 15) is 9.18 Å². The minimum absolute atomic E-state index is 0.109. The van der Waals surface area contributed by atoms with Crippen LogP contribution in [0, 0.1) is 5.82 Å². The van der Waals surface area contributed by atoms with Gasteiger partial charge in [-0.15, -0.1) is 0 Å². The molecule has 0 radical (unpaired) electrons. The number of amides is 1. The molecule has 0 unspecified atom stereocenters. The number of carbonyl (C=O) groups excluding carboxylic acids is 1. The molecule has 0 saturated carbocycles. The first-order valence-electron chi connectivity index (χ1n) is 7.69. The molecule has 0 bridgehead atoms. The quantitative estimate of drug-likeness (QED) is 0.905. The van der Waals surface area contributed by atoms with Crippen molar-refractivity contribution in [3.05, 3.63) is 65.5 Å². The fourth-order valence-corrected chi connectivity index (χ4v) is 2.66. The Morgan fingerprint density at radius 3 is 2.57 bits per heavy atom. The van der Waals surface area contributed by atoms with Crippen LogP contribution in [0.1, 0.15) is 23.5 Å². The Hall–Kier alpha value is -2.40. The van der Waals surface area contributed by atoms with Gasteiger partial charge in [0.2, 0.25) is 0 Å². The maximum atomic E-state index is 12.8. The average Bonchev–Trinajstić information content (AvgIpc) is 3.09. The van der Waals surface area contributed by atoms with Crippen LogP contribution in [-0.2, 0) is 11.3 Å². The summed E-state index contributed by atoms with van der Waals surface area (Å²) in [6.45, 7) is 2.17. The molecule has 4 nitrogen and oxygen atoms in total. The largest absolute Gasteiger partial charge is 0.444 e. The maximum Gasteiger partial charge on any atom is 0.411 e. The third-order valence-electron chi connectivity index (χ3n) is 3.97. The van der Waals surface area contributed by atoms with E-state index in [1.54, 1.807) is 12.1 Å². The van der Waals surface area contributed by atoms with Gasteiger partial charge < -0.3 is 10.1 Å². The Morgan fingerprint density at radius 1 is 1.17 bits per heavy atom. The standard InChI is InChI=1S/C18H19FN2O2/c19-16-5-1-13(2-6-16)12-23-18(22)21-17-7-3-14(4-8-17)15-9-10-20-11-15/h1-8,15,20H,9-12H2,(H,21,22)/t15-/m1/s1. The minimum Gasteiger partial charge on any atom is -0.444 e. The number of hydrogen-bond acceptors (Lipinski definition) is 3. The monoisotopic (exact) mass is 314 g/mol. The predicted octanol–water partition coefficient (Wildman–Crippen LogP) is 3.65. The molecule has 23 heavy (non-hydrogen) atoms. The van der Waals surface area contributed by atoms with E-state index in [-0.39, 0.29) is 12.4 Å². The first kappa shape index (κ1) is 15.5. The summed E-state index contributed by atoms with van der Waals surface area (Å²) in [5, 5.41) is 6.03. The van der Waals surface area contributed by atoms with E-state index in [0.29, 0.717) is 11.6 Å². The second-order valence-corrected chi connectivity index (χ2v) is 5.64. The highest BCUT2D eigenvalue weighted by Gasteiger charge is 2.16. The van der Waals surface area contributed by atoms with Crippen LogP contribution in [0.3, 0.4) is 0 Å². The van der Waals surface area contributed by atoms with Crippen molar-refractivity contribution in [3.8, 4) is 0 Å². The molecule has 1 atom stereocenters. The molecule has 120 valence electrons. The Labute approximate surface area is 134 Å². The van der Waals surface area contributed by atoms with Crippen molar-refractivity contribution in [1.82, 2.24) is 5.32 Å². The van der Waals surface area contributed by atoms with Gasteiger partial charge >= 0.3 is 6.09 Å². The molecule has 5 heteroatoms. The van der Waals surface area contributed by atoms with Crippen molar-refractivity contribution in [1.29, 1.82) is 0 Å². The van der Waals surface area contributed by atoms with Crippen LogP contribution in [0.4, 0.5) is 14.9 Å². The lowest BCUT2D eigenvalue weighted by atomic mass is 9.98. The van der Waals surface area contributed by atoms with E-state index in [1.807, 2.05) is 24.3 Å². The number of halogens is 1. The van der Waals surface area contributed by atoms with Crippen molar-refractivity contribution >= 4 is 11.8 Å². The maximum absolute atomic E-state index is 12.8. The van der Waals surface area contributed by atoms with Crippen molar-refractivity contribution in [2.45, 2.75) is 18.9 Å². The lowest BCUT2D eigenvalue weighted by Crippen LogP contribution is -2.13. The van der Waals surface area contributed by atoms with Gasteiger partial charge in [0.05, 0.1) is 0 Å². The van der Waals surface area contributed by atoms with E-state index >= 15 is 0 Å². The smallest absolute Gasteiger partial charge is 0.411 e. The summed E-state index contributed by atoms with van der Waals surface area (Å²) in [7, 11) is 0. The van der Waals surface area contributed by atoms with Crippen molar-refractivity contribution in [3.63, 3.8) is 0 Å². The lowest BCUT2D eigenvalue weighted by Gasteiger charge is -2.11. The Balaban J connectivity index is 1.50. The number of carbonyl (C=O) groups is 1. The number of ether oxygens (including phenoxy) is 1. The number of anilines is 1. The molecule has 3 rings (SSSR count). The fourth-order valence-electron chi connectivity index (χ4n) is 2.66. The molecule has 0 aromatic heterocycles. The number of hydrogen-bond donors (Lipinski definition) is 2. The van der Waals surface area contributed by atoms with Gasteiger partial charge in [-0.2, -0.15) is 0 Å². The van der Waals surface area contributed by atoms with Crippen molar-refractivity contribution < 1.29 is 13.9 Å². The molecule has 0 spiro atoms. The summed E-state index contributed by atoms with van der Waals surface area (Å²) in [5.74, 6) is 0.241. The molecular formula is C18H19FN2O2. The molecule has 1 amide bonds. The summed E-state index contributed by atoms with van der Waals surface area (Å²) in [6, 6.07) is 13.7. The normalized spacial score (nSPS) is 17.0. The molecule has 2 N–H and O–H groups in total. The summed E-state index contributed by atoms with van der Waals surface area (Å²) in [6.07, 6.45) is 0.622. The lowest BCUT2D eigenvalue weighted by molar-refractivity contribution is 0.155. The van der Waals surface area contributed by atoms with Crippen molar-refractivity contribution in [2.75, 3.05) is 18.4 Å². The second kappa shape index (κ2) is 7.24. The van der Waals surface area contributed by atoms with Crippen LogP contribution in [0.5, 0.6) is 0 Å². The zero-order valence-electron chi connectivity index (χ0n) is 12.7. The number of rotatable bonds is 4. The molecule has 2 aromatic rings. The van der Waals surface area contributed by atoms with Crippen LogP contribution in [0.15, 0.2) is 48.5 Å². The van der Waals surface area contributed by atoms with Gasteiger partial charge in [-0.3, -0.25) is 5.32 Å².